The summed E-state index contributed by atoms with van der Waals surface area (Å²) < 4.78 is 26.3. The number of halogens is 2. The third-order valence-electron chi connectivity index (χ3n) is 5.61. The average Bonchev–Trinajstić information content (AvgIpc) is 2.80. The fourth-order valence-electron chi connectivity index (χ4n) is 3.62. The van der Waals surface area contributed by atoms with Crippen molar-refractivity contribution in [3.63, 3.8) is 0 Å². The fourth-order valence-corrected chi connectivity index (χ4v) is 5.00. The zero-order valence-corrected chi connectivity index (χ0v) is 22.9. The predicted molar refractivity (Wildman–Crippen MR) is 142 cm³/mol. The largest absolute Gasteiger partial charge is 0.354 e. The maximum absolute atomic E-state index is 13.3. The van der Waals surface area contributed by atoms with Gasteiger partial charge in [0.05, 0.1) is 11.9 Å². The second-order valence-corrected chi connectivity index (χ2v) is 11.2. The van der Waals surface area contributed by atoms with E-state index in [2.05, 4.69) is 5.32 Å². The van der Waals surface area contributed by atoms with E-state index in [1.165, 1.54) is 9.21 Å². The number of nitrogens with one attached hydrogen (secondary N) is 1. The summed E-state index contributed by atoms with van der Waals surface area (Å²) in [7, 11) is -3.60. The average molecular weight is 543 g/mol. The zero-order chi connectivity index (χ0) is 26.2. The maximum Gasteiger partial charge on any atom is 0.242 e. The highest BCUT2D eigenvalue weighted by Crippen LogP contribution is 2.27. The van der Waals surface area contributed by atoms with Crippen LogP contribution in [0.5, 0.6) is 0 Å². The van der Waals surface area contributed by atoms with Crippen molar-refractivity contribution in [2.75, 3.05) is 23.7 Å². The van der Waals surface area contributed by atoms with Crippen LogP contribution in [0.1, 0.15) is 44.2 Å². The standard InChI is InChI=1S/C25H33Cl2N3O4S/c1-5-14-28-25(32)19(3)29(17-20-9-6-7-10-22(20)27)24(31)11-8-15-30(35(4,33)34)23-16-21(26)13-12-18(23)2/h6-7,9-10,12-13,16,19H,5,8,11,14-15,17H2,1-4H3,(H,28,32)/t19-/m0/s1. The summed E-state index contributed by atoms with van der Waals surface area (Å²) in [5.41, 5.74) is 1.96. The van der Waals surface area contributed by atoms with Crippen molar-refractivity contribution in [3.05, 3.63) is 63.6 Å². The number of carbonyl (C=O) groups is 2. The molecule has 0 aliphatic rings. The van der Waals surface area contributed by atoms with E-state index in [1.807, 2.05) is 19.1 Å². The summed E-state index contributed by atoms with van der Waals surface area (Å²) in [6, 6.07) is 11.5. The highest BCUT2D eigenvalue weighted by molar-refractivity contribution is 7.92. The maximum atomic E-state index is 13.3. The molecule has 0 aromatic heterocycles. The topological polar surface area (TPSA) is 86.8 Å². The molecule has 2 amide bonds. The second kappa shape index (κ2) is 13.1. The number of benzene rings is 2. The monoisotopic (exact) mass is 541 g/mol. The van der Waals surface area contributed by atoms with Crippen LogP contribution >= 0.6 is 23.2 Å². The first-order chi connectivity index (χ1) is 16.5. The number of aryl methyl sites for hydroxylation is 1. The molecule has 0 aliphatic heterocycles. The molecule has 0 spiro atoms. The molecule has 2 rings (SSSR count). The molecule has 7 nitrogen and oxygen atoms in total. The minimum absolute atomic E-state index is 0.0570. The van der Waals surface area contributed by atoms with Gasteiger partial charge in [0.2, 0.25) is 21.8 Å². The van der Waals surface area contributed by atoms with Gasteiger partial charge in [0.15, 0.2) is 0 Å². The number of anilines is 1. The first-order valence-corrected chi connectivity index (χ1v) is 14.1. The van der Waals surface area contributed by atoms with Crippen LogP contribution in [-0.2, 0) is 26.2 Å². The Labute approximate surface area is 218 Å². The molecule has 0 saturated heterocycles. The quantitative estimate of drug-likeness (QED) is 0.418. The first kappa shape index (κ1) is 28.9. The van der Waals surface area contributed by atoms with Gasteiger partial charge in [-0.25, -0.2) is 8.42 Å². The Balaban J connectivity index is 2.20. The van der Waals surface area contributed by atoms with Crippen LogP contribution in [0.15, 0.2) is 42.5 Å². The van der Waals surface area contributed by atoms with Crippen molar-refractivity contribution in [3.8, 4) is 0 Å². The molecule has 0 bridgehead atoms. The highest BCUT2D eigenvalue weighted by atomic mass is 35.5. The molecule has 0 heterocycles. The first-order valence-electron chi connectivity index (χ1n) is 11.5. The number of amides is 2. The lowest BCUT2D eigenvalue weighted by Crippen LogP contribution is -2.48. The van der Waals surface area contributed by atoms with Gasteiger partial charge in [0.25, 0.3) is 0 Å². The van der Waals surface area contributed by atoms with Crippen LogP contribution in [0.25, 0.3) is 0 Å². The van der Waals surface area contributed by atoms with Gasteiger partial charge in [-0.15, -0.1) is 0 Å². The Morgan fingerprint density at radius 1 is 1.11 bits per heavy atom. The molecular weight excluding hydrogens is 509 g/mol. The molecule has 0 radical (unpaired) electrons. The molecule has 1 atom stereocenters. The van der Waals surface area contributed by atoms with Crippen molar-refractivity contribution in [1.29, 1.82) is 0 Å². The Bertz CT molecular complexity index is 1140. The Morgan fingerprint density at radius 2 is 1.80 bits per heavy atom. The molecular formula is C25H33Cl2N3O4S. The van der Waals surface area contributed by atoms with Crippen LogP contribution in [-0.4, -0.2) is 50.5 Å². The number of hydrogen-bond acceptors (Lipinski definition) is 4. The van der Waals surface area contributed by atoms with Crippen LogP contribution < -0.4 is 9.62 Å². The number of hydrogen-bond donors (Lipinski definition) is 1. The zero-order valence-electron chi connectivity index (χ0n) is 20.6. The van der Waals surface area contributed by atoms with Gasteiger partial charge in [0, 0.05) is 36.1 Å². The third kappa shape index (κ3) is 8.40. The number of rotatable bonds is 12. The fraction of sp³-hybridized carbons (Fsp3) is 0.440. The molecule has 2 aromatic carbocycles. The van der Waals surface area contributed by atoms with Gasteiger partial charge in [-0.3, -0.25) is 13.9 Å². The third-order valence-corrected chi connectivity index (χ3v) is 7.39. The second-order valence-electron chi connectivity index (χ2n) is 8.45. The summed E-state index contributed by atoms with van der Waals surface area (Å²) in [5, 5.41) is 3.76. The van der Waals surface area contributed by atoms with E-state index in [9.17, 15) is 18.0 Å². The van der Waals surface area contributed by atoms with Crippen molar-refractivity contribution >= 4 is 50.7 Å². The molecule has 192 valence electrons. The van der Waals surface area contributed by atoms with E-state index in [-0.39, 0.29) is 37.7 Å². The lowest BCUT2D eigenvalue weighted by Gasteiger charge is -2.30. The van der Waals surface area contributed by atoms with Crippen LogP contribution in [0, 0.1) is 6.92 Å². The molecule has 10 heteroatoms. The van der Waals surface area contributed by atoms with E-state index in [0.717, 1.165) is 23.8 Å². The van der Waals surface area contributed by atoms with E-state index >= 15 is 0 Å². The molecule has 35 heavy (non-hydrogen) atoms. The minimum Gasteiger partial charge on any atom is -0.354 e. The number of sulfonamides is 1. The number of carbonyl (C=O) groups excluding carboxylic acids is 2. The predicted octanol–water partition coefficient (Wildman–Crippen LogP) is 4.79. The summed E-state index contributed by atoms with van der Waals surface area (Å²) in [6.07, 6.45) is 2.22. The van der Waals surface area contributed by atoms with Gasteiger partial charge < -0.3 is 10.2 Å². The van der Waals surface area contributed by atoms with E-state index in [4.69, 9.17) is 23.2 Å². The van der Waals surface area contributed by atoms with Gasteiger partial charge in [-0.1, -0.05) is 54.4 Å². The van der Waals surface area contributed by atoms with Gasteiger partial charge >= 0.3 is 0 Å². The van der Waals surface area contributed by atoms with Crippen LogP contribution in [0.3, 0.4) is 0 Å². The smallest absolute Gasteiger partial charge is 0.242 e. The molecule has 0 aliphatic carbocycles. The molecule has 0 fully saturated rings. The van der Waals surface area contributed by atoms with E-state index < -0.39 is 16.1 Å². The van der Waals surface area contributed by atoms with Crippen molar-refractivity contribution in [1.82, 2.24) is 10.2 Å². The highest BCUT2D eigenvalue weighted by Gasteiger charge is 2.27. The summed E-state index contributed by atoms with van der Waals surface area (Å²) in [5.74, 6) is -0.514. The lowest BCUT2D eigenvalue weighted by molar-refractivity contribution is -0.140. The van der Waals surface area contributed by atoms with Crippen LogP contribution in [0.2, 0.25) is 10.0 Å². The normalized spacial score (nSPS) is 12.2. The van der Waals surface area contributed by atoms with Gasteiger partial charge in [-0.2, -0.15) is 0 Å². The van der Waals surface area contributed by atoms with Crippen molar-refractivity contribution < 1.29 is 18.0 Å². The summed E-state index contributed by atoms with van der Waals surface area (Å²) in [6.45, 7) is 6.21. The SMILES string of the molecule is CCCNC(=O)[C@H](C)N(Cc1ccccc1Cl)C(=O)CCCN(c1cc(Cl)ccc1C)S(C)(=O)=O. The molecule has 2 aromatic rings. The van der Waals surface area contributed by atoms with Crippen LogP contribution in [0.4, 0.5) is 5.69 Å². The Hall–Kier alpha value is -2.29. The minimum atomic E-state index is -3.60. The molecule has 0 saturated carbocycles. The van der Waals surface area contributed by atoms with E-state index in [1.54, 1.807) is 44.2 Å². The number of nitrogens with zero attached hydrogens (tertiary/aromatic N) is 2. The van der Waals surface area contributed by atoms with Gasteiger partial charge in [0.1, 0.15) is 6.04 Å². The van der Waals surface area contributed by atoms with Crippen molar-refractivity contribution in [2.24, 2.45) is 0 Å². The molecule has 1 N–H and O–H groups in total. The Morgan fingerprint density at radius 3 is 2.43 bits per heavy atom. The van der Waals surface area contributed by atoms with Gasteiger partial charge in [-0.05, 0) is 56.0 Å². The summed E-state index contributed by atoms with van der Waals surface area (Å²) >= 11 is 12.4. The molecule has 0 unspecified atom stereocenters. The summed E-state index contributed by atoms with van der Waals surface area (Å²) in [4.78, 5) is 27.4. The van der Waals surface area contributed by atoms with Crippen molar-refractivity contribution in [2.45, 2.75) is 52.6 Å². The van der Waals surface area contributed by atoms with E-state index in [0.29, 0.717) is 22.3 Å². The lowest BCUT2D eigenvalue weighted by atomic mass is 10.1. The Kier molecular flexibility index (Phi) is 10.9.